The van der Waals surface area contributed by atoms with E-state index >= 15 is 0 Å². The first kappa shape index (κ1) is 18.7. The second-order valence-corrected chi connectivity index (χ2v) is 5.31. The Morgan fingerprint density at radius 1 is 1.24 bits per heavy atom. The number of primary amides is 1. The number of hydrogen-bond donors (Lipinski definition) is 4. The van der Waals surface area contributed by atoms with Crippen LogP contribution in [0.2, 0.25) is 0 Å². The van der Waals surface area contributed by atoms with Crippen molar-refractivity contribution in [2.45, 2.75) is 45.3 Å². The number of alkyl carbamates (subject to hydrolysis) is 1. The molecule has 0 radical (unpaired) electrons. The lowest BCUT2D eigenvalue weighted by atomic mass is 10.1. The van der Waals surface area contributed by atoms with Crippen molar-refractivity contribution < 1.29 is 29.0 Å². The number of hydrogen-bond acceptors (Lipinski definition) is 5. The van der Waals surface area contributed by atoms with Gasteiger partial charge < -0.3 is 26.2 Å². The number of carboxylic acid groups (broad SMARTS) is 1. The number of carboxylic acids is 1. The summed E-state index contributed by atoms with van der Waals surface area (Å²) in [6, 6.07) is -1.10. The van der Waals surface area contributed by atoms with Crippen molar-refractivity contribution in [2.75, 3.05) is 6.54 Å². The fraction of sp³-hybridized carbons (Fsp3) is 0.667. The normalized spacial score (nSPS) is 12.1. The standard InChI is InChI=1S/C12H21N3O6/c1-12(2,3)21-11(20)14-6-8(16)15-7(10(13)19)4-5-9(17)18/h7H,4-6H2,1-3H3,(H2,13,19)(H,14,20)(H,15,16)(H,17,18)/t7-/m1/s1. The molecule has 0 aromatic rings. The van der Waals surface area contributed by atoms with Gasteiger partial charge in [-0.3, -0.25) is 14.4 Å². The monoisotopic (exact) mass is 303 g/mol. The molecule has 0 saturated carbocycles. The second kappa shape index (κ2) is 8.08. The van der Waals surface area contributed by atoms with Crippen LogP contribution in [0, 0.1) is 0 Å². The number of ether oxygens (including phenoxy) is 1. The van der Waals surface area contributed by atoms with Gasteiger partial charge in [-0.15, -0.1) is 0 Å². The van der Waals surface area contributed by atoms with Gasteiger partial charge in [0.2, 0.25) is 11.8 Å². The molecule has 0 rings (SSSR count). The predicted octanol–water partition coefficient (Wildman–Crippen LogP) is -0.654. The van der Waals surface area contributed by atoms with Gasteiger partial charge in [-0.05, 0) is 27.2 Å². The Morgan fingerprint density at radius 2 is 1.81 bits per heavy atom. The molecule has 9 heteroatoms. The van der Waals surface area contributed by atoms with Gasteiger partial charge in [-0.1, -0.05) is 0 Å². The molecule has 9 nitrogen and oxygen atoms in total. The van der Waals surface area contributed by atoms with Crippen molar-refractivity contribution in [1.29, 1.82) is 0 Å². The molecule has 0 fully saturated rings. The smallest absolute Gasteiger partial charge is 0.408 e. The summed E-state index contributed by atoms with van der Waals surface area (Å²) < 4.78 is 4.92. The van der Waals surface area contributed by atoms with E-state index in [1.54, 1.807) is 20.8 Å². The summed E-state index contributed by atoms with van der Waals surface area (Å²) in [7, 11) is 0. The first-order valence-corrected chi connectivity index (χ1v) is 6.28. The maximum Gasteiger partial charge on any atom is 0.408 e. The molecule has 1 atom stereocenters. The average molecular weight is 303 g/mol. The van der Waals surface area contributed by atoms with Crippen LogP contribution in [-0.4, -0.2) is 47.2 Å². The molecule has 0 unspecified atom stereocenters. The minimum atomic E-state index is -1.11. The molecule has 0 saturated heterocycles. The van der Waals surface area contributed by atoms with E-state index in [1.807, 2.05) is 0 Å². The van der Waals surface area contributed by atoms with E-state index in [9.17, 15) is 19.2 Å². The molecule has 0 aromatic heterocycles. The molecule has 0 heterocycles. The fourth-order valence-electron chi connectivity index (χ4n) is 1.27. The molecule has 0 aliphatic rings. The Morgan fingerprint density at radius 3 is 2.24 bits per heavy atom. The Hall–Kier alpha value is -2.32. The quantitative estimate of drug-likeness (QED) is 0.491. The lowest BCUT2D eigenvalue weighted by Gasteiger charge is -2.20. The molecule has 0 spiro atoms. The number of carbonyl (C=O) groups excluding carboxylic acids is 3. The van der Waals surface area contributed by atoms with Crippen LogP contribution < -0.4 is 16.4 Å². The molecule has 120 valence electrons. The number of rotatable bonds is 7. The van der Waals surface area contributed by atoms with Crippen LogP contribution >= 0.6 is 0 Å². The van der Waals surface area contributed by atoms with Crippen molar-refractivity contribution in [3.8, 4) is 0 Å². The molecule has 5 N–H and O–H groups in total. The molecule has 21 heavy (non-hydrogen) atoms. The zero-order valence-corrected chi connectivity index (χ0v) is 12.3. The topological polar surface area (TPSA) is 148 Å². The highest BCUT2D eigenvalue weighted by Gasteiger charge is 2.20. The maximum atomic E-state index is 11.5. The maximum absolute atomic E-state index is 11.5. The summed E-state index contributed by atoms with van der Waals surface area (Å²) in [6.07, 6.45) is -1.21. The molecule has 3 amide bonds. The van der Waals surface area contributed by atoms with E-state index < -0.39 is 42.1 Å². The third-order valence-corrected chi connectivity index (χ3v) is 2.12. The molecular weight excluding hydrogens is 282 g/mol. The highest BCUT2D eigenvalue weighted by Crippen LogP contribution is 2.06. The van der Waals surface area contributed by atoms with E-state index in [0.29, 0.717) is 0 Å². The lowest BCUT2D eigenvalue weighted by Crippen LogP contribution is -2.48. The SMILES string of the molecule is CC(C)(C)OC(=O)NCC(=O)N[C@H](CCC(=O)O)C(N)=O. The number of aliphatic carboxylic acids is 1. The largest absolute Gasteiger partial charge is 0.481 e. The Kier molecular flexibility index (Phi) is 7.18. The highest BCUT2D eigenvalue weighted by atomic mass is 16.6. The predicted molar refractivity (Wildman–Crippen MR) is 72.2 cm³/mol. The van der Waals surface area contributed by atoms with E-state index in [0.717, 1.165) is 0 Å². The van der Waals surface area contributed by atoms with Crippen molar-refractivity contribution in [3.63, 3.8) is 0 Å². The van der Waals surface area contributed by atoms with Gasteiger partial charge in [-0.2, -0.15) is 0 Å². The third-order valence-electron chi connectivity index (χ3n) is 2.12. The van der Waals surface area contributed by atoms with E-state index in [2.05, 4.69) is 10.6 Å². The summed E-state index contributed by atoms with van der Waals surface area (Å²) >= 11 is 0. The summed E-state index contributed by atoms with van der Waals surface area (Å²) in [6.45, 7) is 4.59. The average Bonchev–Trinajstić information content (AvgIpc) is 2.29. The molecule has 0 aromatic carbocycles. The van der Waals surface area contributed by atoms with E-state index in [4.69, 9.17) is 15.6 Å². The minimum absolute atomic E-state index is 0.122. The van der Waals surface area contributed by atoms with Gasteiger partial charge in [0.05, 0.1) is 0 Å². The first-order valence-electron chi connectivity index (χ1n) is 6.28. The summed E-state index contributed by atoms with van der Waals surface area (Å²) in [4.78, 5) is 44.3. The molecule has 0 aliphatic heterocycles. The van der Waals surface area contributed by atoms with Gasteiger partial charge in [0.1, 0.15) is 18.2 Å². The first-order chi connectivity index (χ1) is 9.51. The van der Waals surface area contributed by atoms with E-state index in [1.165, 1.54) is 0 Å². The van der Waals surface area contributed by atoms with Crippen LogP contribution in [0.1, 0.15) is 33.6 Å². The highest BCUT2D eigenvalue weighted by molar-refractivity contribution is 5.88. The van der Waals surface area contributed by atoms with Crippen LogP contribution in [0.4, 0.5) is 4.79 Å². The van der Waals surface area contributed by atoms with Crippen LogP contribution in [0.25, 0.3) is 0 Å². The van der Waals surface area contributed by atoms with Gasteiger partial charge in [0.25, 0.3) is 0 Å². The van der Waals surface area contributed by atoms with Crippen LogP contribution in [0.5, 0.6) is 0 Å². The van der Waals surface area contributed by atoms with Gasteiger partial charge in [-0.25, -0.2) is 4.79 Å². The van der Waals surface area contributed by atoms with Crippen LogP contribution in [-0.2, 0) is 19.1 Å². The fourth-order valence-corrected chi connectivity index (χ4v) is 1.27. The zero-order chi connectivity index (χ0) is 16.6. The number of nitrogens with one attached hydrogen (secondary N) is 2. The molecule has 0 aliphatic carbocycles. The van der Waals surface area contributed by atoms with Crippen molar-refractivity contribution in [1.82, 2.24) is 10.6 Å². The minimum Gasteiger partial charge on any atom is -0.481 e. The lowest BCUT2D eigenvalue weighted by molar-refractivity contribution is -0.137. The second-order valence-electron chi connectivity index (χ2n) is 5.31. The Bertz CT molecular complexity index is 416. The summed E-state index contributed by atoms with van der Waals surface area (Å²) in [5, 5.41) is 13.0. The Labute approximate surface area is 122 Å². The van der Waals surface area contributed by atoms with Crippen LogP contribution in [0.15, 0.2) is 0 Å². The number of amides is 3. The van der Waals surface area contributed by atoms with Crippen molar-refractivity contribution in [3.05, 3.63) is 0 Å². The van der Waals surface area contributed by atoms with E-state index in [-0.39, 0.29) is 12.8 Å². The third kappa shape index (κ3) is 10.2. The molecular formula is C12H21N3O6. The van der Waals surface area contributed by atoms with Gasteiger partial charge >= 0.3 is 12.1 Å². The van der Waals surface area contributed by atoms with Crippen LogP contribution in [0.3, 0.4) is 0 Å². The number of nitrogens with two attached hydrogens (primary N) is 1. The molecule has 0 bridgehead atoms. The zero-order valence-electron chi connectivity index (χ0n) is 12.3. The summed E-state index contributed by atoms with van der Waals surface area (Å²) in [5.41, 5.74) is 4.36. The van der Waals surface area contributed by atoms with Gasteiger partial charge in [0.15, 0.2) is 0 Å². The Balaban J connectivity index is 4.23. The van der Waals surface area contributed by atoms with Crippen molar-refractivity contribution >= 4 is 23.9 Å². The number of carbonyl (C=O) groups is 4. The summed E-state index contributed by atoms with van der Waals surface area (Å²) in [5.74, 6) is -2.63. The van der Waals surface area contributed by atoms with Gasteiger partial charge in [0, 0.05) is 6.42 Å². The van der Waals surface area contributed by atoms with Crippen molar-refractivity contribution in [2.24, 2.45) is 5.73 Å².